The third kappa shape index (κ3) is 4.68. The van der Waals surface area contributed by atoms with Gasteiger partial charge in [-0.2, -0.15) is 0 Å². The van der Waals surface area contributed by atoms with E-state index in [2.05, 4.69) is 29.2 Å². The predicted octanol–water partition coefficient (Wildman–Crippen LogP) is 0.960. The van der Waals surface area contributed by atoms with Crippen LogP contribution >= 0.6 is 0 Å². The lowest BCUT2D eigenvalue weighted by Gasteiger charge is -2.25. The van der Waals surface area contributed by atoms with E-state index in [1.165, 1.54) is 0 Å². The number of nitrogens with one attached hydrogen (secondary N) is 1. The van der Waals surface area contributed by atoms with E-state index in [4.69, 9.17) is 10.9 Å². The summed E-state index contributed by atoms with van der Waals surface area (Å²) in [6.45, 7) is 6.15. The Kier molecular flexibility index (Phi) is 5.90. The quantitative estimate of drug-likeness (QED) is 0.487. The minimum Gasteiger partial charge on any atom is -0.396 e. The van der Waals surface area contributed by atoms with Crippen LogP contribution in [0, 0.1) is 0 Å². The van der Waals surface area contributed by atoms with Crippen molar-refractivity contribution in [3.05, 3.63) is 23.9 Å². The number of nitrogen functional groups attached to an aromatic ring is 1. The van der Waals surface area contributed by atoms with Crippen LogP contribution in [0.3, 0.4) is 0 Å². The van der Waals surface area contributed by atoms with Gasteiger partial charge in [0.05, 0.1) is 5.69 Å². The molecule has 0 atom stereocenters. The maximum absolute atomic E-state index is 8.88. The lowest BCUT2D eigenvalue weighted by molar-refractivity contribution is 0.183. The van der Waals surface area contributed by atoms with Crippen LogP contribution in [-0.4, -0.2) is 34.2 Å². The monoisotopic (exact) mass is 238 g/mol. The Balaban J connectivity index is 2.64. The summed E-state index contributed by atoms with van der Waals surface area (Å²) in [5.41, 5.74) is 3.52. The highest BCUT2D eigenvalue weighted by atomic mass is 16.3. The summed E-state index contributed by atoms with van der Waals surface area (Å²) in [6, 6.07) is 6.17. The standard InChI is InChI=1S/C12H22N4O/c1-10(2)16(7-4-8-17)9-11-5-3-6-12(14-11)15-13/h3,5-6,10,17H,4,7-9,13H2,1-2H3,(H,14,15). The number of aliphatic hydroxyl groups is 1. The van der Waals surface area contributed by atoms with Crippen LogP contribution in [0.15, 0.2) is 18.2 Å². The van der Waals surface area contributed by atoms with Gasteiger partial charge in [0.25, 0.3) is 0 Å². The van der Waals surface area contributed by atoms with Crippen molar-refractivity contribution in [3.8, 4) is 0 Å². The Labute approximate surface area is 103 Å². The largest absolute Gasteiger partial charge is 0.396 e. The molecule has 5 nitrogen and oxygen atoms in total. The number of pyridine rings is 1. The van der Waals surface area contributed by atoms with E-state index in [1.54, 1.807) is 0 Å². The first-order chi connectivity index (χ1) is 8.17. The molecule has 0 aliphatic heterocycles. The molecular formula is C12H22N4O. The molecule has 0 aliphatic carbocycles. The van der Waals surface area contributed by atoms with Crippen molar-refractivity contribution in [2.45, 2.75) is 32.9 Å². The number of anilines is 1. The average molecular weight is 238 g/mol. The van der Waals surface area contributed by atoms with Gasteiger partial charge < -0.3 is 10.5 Å². The second-order valence-electron chi connectivity index (χ2n) is 4.30. The van der Waals surface area contributed by atoms with Crippen LogP contribution in [-0.2, 0) is 6.54 Å². The van der Waals surface area contributed by atoms with Gasteiger partial charge in [-0.25, -0.2) is 10.8 Å². The van der Waals surface area contributed by atoms with Gasteiger partial charge in [0.15, 0.2) is 0 Å². The van der Waals surface area contributed by atoms with Gasteiger partial charge in [-0.3, -0.25) is 4.90 Å². The molecule has 0 radical (unpaired) electrons. The summed E-state index contributed by atoms with van der Waals surface area (Å²) in [5, 5.41) is 8.88. The molecule has 1 heterocycles. The highest BCUT2D eigenvalue weighted by Crippen LogP contribution is 2.09. The summed E-state index contributed by atoms with van der Waals surface area (Å²) in [7, 11) is 0. The number of nitrogens with zero attached hydrogens (tertiary/aromatic N) is 2. The van der Waals surface area contributed by atoms with Crippen molar-refractivity contribution in [3.63, 3.8) is 0 Å². The molecule has 0 amide bonds. The number of hydrogen-bond donors (Lipinski definition) is 3. The van der Waals surface area contributed by atoms with Crippen LogP contribution in [0.2, 0.25) is 0 Å². The fourth-order valence-corrected chi connectivity index (χ4v) is 1.65. The van der Waals surface area contributed by atoms with E-state index in [9.17, 15) is 0 Å². The second-order valence-corrected chi connectivity index (χ2v) is 4.30. The number of aliphatic hydroxyl groups excluding tert-OH is 1. The fourth-order valence-electron chi connectivity index (χ4n) is 1.65. The van der Waals surface area contributed by atoms with Crippen molar-refractivity contribution in [2.24, 2.45) is 5.84 Å². The summed E-state index contributed by atoms with van der Waals surface area (Å²) in [4.78, 5) is 6.66. The molecule has 96 valence electrons. The number of nitrogens with two attached hydrogens (primary N) is 1. The molecule has 0 spiro atoms. The van der Waals surface area contributed by atoms with E-state index in [-0.39, 0.29) is 6.61 Å². The molecule has 4 N–H and O–H groups in total. The first-order valence-electron chi connectivity index (χ1n) is 5.95. The molecule has 1 rings (SSSR count). The lowest BCUT2D eigenvalue weighted by Crippen LogP contribution is -2.32. The maximum atomic E-state index is 8.88. The normalized spacial score (nSPS) is 11.2. The van der Waals surface area contributed by atoms with E-state index < -0.39 is 0 Å². The SMILES string of the molecule is CC(C)N(CCCO)Cc1cccc(NN)n1. The van der Waals surface area contributed by atoms with Crippen molar-refractivity contribution >= 4 is 5.82 Å². The highest BCUT2D eigenvalue weighted by molar-refractivity contribution is 5.33. The number of rotatable bonds is 7. The Morgan fingerprint density at radius 1 is 1.47 bits per heavy atom. The third-order valence-corrected chi connectivity index (χ3v) is 2.65. The molecule has 0 bridgehead atoms. The first kappa shape index (κ1) is 13.9. The van der Waals surface area contributed by atoms with E-state index >= 15 is 0 Å². The van der Waals surface area contributed by atoms with Crippen molar-refractivity contribution in [2.75, 3.05) is 18.6 Å². The van der Waals surface area contributed by atoms with Crippen molar-refractivity contribution in [1.29, 1.82) is 0 Å². The fraction of sp³-hybridized carbons (Fsp3) is 0.583. The minimum absolute atomic E-state index is 0.223. The van der Waals surface area contributed by atoms with Gasteiger partial charge in [-0.05, 0) is 32.4 Å². The van der Waals surface area contributed by atoms with Gasteiger partial charge in [-0.1, -0.05) is 6.07 Å². The third-order valence-electron chi connectivity index (χ3n) is 2.65. The Bertz CT molecular complexity index is 330. The molecule has 5 heteroatoms. The van der Waals surface area contributed by atoms with Crippen molar-refractivity contribution < 1.29 is 5.11 Å². The van der Waals surface area contributed by atoms with Gasteiger partial charge >= 0.3 is 0 Å². The zero-order valence-corrected chi connectivity index (χ0v) is 10.6. The lowest BCUT2D eigenvalue weighted by atomic mass is 10.2. The van der Waals surface area contributed by atoms with Gasteiger partial charge in [0.1, 0.15) is 5.82 Å². The Morgan fingerprint density at radius 2 is 2.24 bits per heavy atom. The van der Waals surface area contributed by atoms with E-state index in [1.807, 2.05) is 18.2 Å². The maximum Gasteiger partial charge on any atom is 0.140 e. The van der Waals surface area contributed by atoms with Gasteiger partial charge in [0.2, 0.25) is 0 Å². The molecular weight excluding hydrogens is 216 g/mol. The molecule has 0 saturated carbocycles. The molecule has 17 heavy (non-hydrogen) atoms. The minimum atomic E-state index is 0.223. The summed E-state index contributed by atoms with van der Waals surface area (Å²) in [6.07, 6.45) is 0.785. The zero-order valence-electron chi connectivity index (χ0n) is 10.6. The molecule has 0 aromatic carbocycles. The average Bonchev–Trinajstić information content (AvgIpc) is 2.34. The molecule has 1 aromatic heterocycles. The second kappa shape index (κ2) is 7.21. The van der Waals surface area contributed by atoms with Crippen LogP contribution in [0.4, 0.5) is 5.82 Å². The van der Waals surface area contributed by atoms with E-state index in [0.29, 0.717) is 11.9 Å². The topological polar surface area (TPSA) is 74.4 Å². The summed E-state index contributed by atoms with van der Waals surface area (Å²) >= 11 is 0. The predicted molar refractivity (Wildman–Crippen MR) is 69.3 cm³/mol. The number of hydrazine groups is 1. The molecule has 0 fully saturated rings. The Hall–Kier alpha value is -1.17. The van der Waals surface area contributed by atoms with Crippen LogP contribution < -0.4 is 11.3 Å². The number of aromatic nitrogens is 1. The van der Waals surface area contributed by atoms with Crippen LogP contribution in [0.1, 0.15) is 26.0 Å². The van der Waals surface area contributed by atoms with Crippen molar-refractivity contribution in [1.82, 2.24) is 9.88 Å². The summed E-state index contributed by atoms with van der Waals surface area (Å²) in [5.74, 6) is 6.00. The first-order valence-corrected chi connectivity index (χ1v) is 5.95. The smallest absolute Gasteiger partial charge is 0.140 e. The highest BCUT2D eigenvalue weighted by Gasteiger charge is 2.10. The van der Waals surface area contributed by atoms with E-state index in [0.717, 1.165) is 25.2 Å². The van der Waals surface area contributed by atoms with Gasteiger partial charge in [-0.15, -0.1) is 0 Å². The molecule has 0 unspecified atom stereocenters. The molecule has 0 saturated heterocycles. The Morgan fingerprint density at radius 3 is 2.82 bits per heavy atom. The zero-order chi connectivity index (χ0) is 12.7. The van der Waals surface area contributed by atoms with Gasteiger partial charge in [0, 0.05) is 25.7 Å². The summed E-state index contributed by atoms with van der Waals surface area (Å²) < 4.78 is 0. The molecule has 0 aliphatic rings. The van der Waals surface area contributed by atoms with Crippen LogP contribution in [0.25, 0.3) is 0 Å². The van der Waals surface area contributed by atoms with Crippen LogP contribution in [0.5, 0.6) is 0 Å². The number of hydrogen-bond acceptors (Lipinski definition) is 5. The molecule has 1 aromatic rings.